The summed E-state index contributed by atoms with van der Waals surface area (Å²) in [5.74, 6) is 1.59. The van der Waals surface area contributed by atoms with Crippen molar-refractivity contribution >= 4 is 41.5 Å². The van der Waals surface area contributed by atoms with Crippen LogP contribution in [0.3, 0.4) is 0 Å². The van der Waals surface area contributed by atoms with Crippen molar-refractivity contribution in [2.75, 3.05) is 18.4 Å². The van der Waals surface area contributed by atoms with Crippen molar-refractivity contribution in [3.05, 3.63) is 54.0 Å². The molecule has 0 aliphatic heterocycles. The molecule has 2 rings (SSSR count). The number of nitrogens with zero attached hydrogens (tertiary/aromatic N) is 1. The molecule has 1 amide bonds. The molecule has 2 aromatic rings. The number of carbonyl (C=O) groups excluding carboxylic acids is 1. The Morgan fingerprint density at radius 3 is 2.50 bits per heavy atom. The summed E-state index contributed by atoms with van der Waals surface area (Å²) >= 11 is 0. The SMILES string of the molecule is CCNC(=NCc1ccc(NC(=O)c2ccco2)cc1)NCCCC(C)C.I. The van der Waals surface area contributed by atoms with Gasteiger partial charge in [0.1, 0.15) is 0 Å². The van der Waals surface area contributed by atoms with Gasteiger partial charge in [0, 0.05) is 18.8 Å². The highest BCUT2D eigenvalue weighted by Gasteiger charge is 2.08. The van der Waals surface area contributed by atoms with E-state index in [0.717, 1.165) is 42.6 Å². The van der Waals surface area contributed by atoms with Crippen molar-refractivity contribution in [2.45, 2.75) is 40.2 Å². The number of halogens is 1. The number of furan rings is 1. The fraction of sp³-hybridized carbons (Fsp3) is 0.429. The number of hydrogen-bond acceptors (Lipinski definition) is 3. The molecule has 3 N–H and O–H groups in total. The maximum Gasteiger partial charge on any atom is 0.291 e. The Hall–Kier alpha value is -2.03. The highest BCUT2D eigenvalue weighted by Crippen LogP contribution is 2.12. The normalized spacial score (nSPS) is 11.1. The van der Waals surface area contributed by atoms with E-state index in [1.807, 2.05) is 24.3 Å². The van der Waals surface area contributed by atoms with E-state index in [9.17, 15) is 4.79 Å². The van der Waals surface area contributed by atoms with Gasteiger partial charge in [-0.25, -0.2) is 4.99 Å². The molecule has 0 bridgehead atoms. The van der Waals surface area contributed by atoms with Gasteiger partial charge in [0.15, 0.2) is 11.7 Å². The summed E-state index contributed by atoms with van der Waals surface area (Å²) in [6, 6.07) is 11.0. The second-order valence-corrected chi connectivity index (χ2v) is 6.79. The first-order chi connectivity index (χ1) is 13.1. The van der Waals surface area contributed by atoms with Crippen LogP contribution in [0.1, 0.15) is 49.7 Å². The van der Waals surface area contributed by atoms with Gasteiger partial charge in [-0.2, -0.15) is 0 Å². The topological polar surface area (TPSA) is 78.7 Å². The van der Waals surface area contributed by atoms with E-state index in [2.05, 4.69) is 41.7 Å². The second-order valence-electron chi connectivity index (χ2n) is 6.79. The molecule has 0 fully saturated rings. The van der Waals surface area contributed by atoms with Crippen LogP contribution >= 0.6 is 24.0 Å². The van der Waals surface area contributed by atoms with Crippen LogP contribution in [0.2, 0.25) is 0 Å². The molecule has 1 aromatic carbocycles. The van der Waals surface area contributed by atoms with Gasteiger partial charge in [0.25, 0.3) is 5.91 Å². The lowest BCUT2D eigenvalue weighted by atomic mass is 10.1. The standard InChI is InChI=1S/C21H30N4O2.HI/c1-4-22-21(23-13-5-7-16(2)3)24-15-17-9-11-18(12-10-17)25-20(26)19-8-6-14-27-19;/h6,8-12,14,16H,4-5,7,13,15H2,1-3H3,(H,25,26)(H2,22,23,24);1H. The van der Waals surface area contributed by atoms with Gasteiger partial charge in [0.2, 0.25) is 0 Å². The molecule has 6 nitrogen and oxygen atoms in total. The number of anilines is 1. The number of hydrogen-bond donors (Lipinski definition) is 3. The zero-order valence-electron chi connectivity index (χ0n) is 16.8. The van der Waals surface area contributed by atoms with E-state index < -0.39 is 0 Å². The number of benzene rings is 1. The van der Waals surface area contributed by atoms with Crippen molar-refractivity contribution in [3.8, 4) is 0 Å². The first-order valence-electron chi connectivity index (χ1n) is 9.54. The van der Waals surface area contributed by atoms with Crippen LogP contribution < -0.4 is 16.0 Å². The molecule has 0 aliphatic carbocycles. The van der Waals surface area contributed by atoms with Crippen molar-refractivity contribution in [2.24, 2.45) is 10.9 Å². The monoisotopic (exact) mass is 498 g/mol. The smallest absolute Gasteiger partial charge is 0.291 e. The van der Waals surface area contributed by atoms with Gasteiger partial charge in [0.05, 0.1) is 12.8 Å². The van der Waals surface area contributed by atoms with Crippen LogP contribution in [0.25, 0.3) is 0 Å². The maximum absolute atomic E-state index is 12.0. The zero-order valence-corrected chi connectivity index (χ0v) is 19.2. The average Bonchev–Trinajstić information content (AvgIpc) is 3.19. The van der Waals surface area contributed by atoms with Crippen molar-refractivity contribution in [1.82, 2.24) is 10.6 Å². The first-order valence-corrected chi connectivity index (χ1v) is 9.54. The van der Waals surface area contributed by atoms with Crippen molar-refractivity contribution in [3.63, 3.8) is 0 Å². The zero-order chi connectivity index (χ0) is 19.5. The molecule has 0 atom stereocenters. The number of guanidine groups is 1. The van der Waals surface area contributed by atoms with Gasteiger partial charge in [-0.3, -0.25) is 4.79 Å². The molecule has 1 heterocycles. The maximum atomic E-state index is 12.0. The molecule has 1 aromatic heterocycles. The minimum atomic E-state index is -0.259. The summed E-state index contributed by atoms with van der Waals surface area (Å²) in [7, 11) is 0. The Balaban J connectivity index is 0.00000392. The van der Waals surface area contributed by atoms with Crippen molar-refractivity contribution < 1.29 is 9.21 Å². The number of amides is 1. The van der Waals surface area contributed by atoms with E-state index >= 15 is 0 Å². The van der Waals surface area contributed by atoms with Crippen LogP contribution in [-0.4, -0.2) is 25.0 Å². The van der Waals surface area contributed by atoms with Gasteiger partial charge in [-0.05, 0) is 55.5 Å². The Bertz CT molecular complexity index is 713. The molecule has 0 unspecified atom stereocenters. The molecule has 7 heteroatoms. The summed E-state index contributed by atoms with van der Waals surface area (Å²) in [5, 5.41) is 9.44. The van der Waals surface area contributed by atoms with Gasteiger partial charge >= 0.3 is 0 Å². The Kier molecular flexibility index (Phi) is 11.3. The molecule has 154 valence electrons. The molecular weight excluding hydrogens is 467 g/mol. The van der Waals surface area contributed by atoms with Gasteiger partial charge in [-0.1, -0.05) is 26.0 Å². The predicted octanol–water partition coefficient (Wildman–Crippen LogP) is 4.64. The van der Waals surface area contributed by atoms with E-state index in [1.54, 1.807) is 12.1 Å². The minimum absolute atomic E-state index is 0. The van der Waals surface area contributed by atoms with Crippen LogP contribution in [-0.2, 0) is 6.54 Å². The Morgan fingerprint density at radius 1 is 1.14 bits per heavy atom. The molecule has 0 saturated carbocycles. The molecule has 0 spiro atoms. The van der Waals surface area contributed by atoms with E-state index in [4.69, 9.17) is 4.42 Å². The van der Waals surface area contributed by atoms with E-state index in [1.165, 1.54) is 12.7 Å². The second kappa shape index (κ2) is 13.2. The average molecular weight is 498 g/mol. The predicted molar refractivity (Wildman–Crippen MR) is 125 cm³/mol. The molecule has 0 saturated heterocycles. The lowest BCUT2D eigenvalue weighted by Gasteiger charge is -2.12. The van der Waals surface area contributed by atoms with E-state index in [-0.39, 0.29) is 29.9 Å². The number of rotatable bonds is 9. The third-order valence-corrected chi connectivity index (χ3v) is 3.97. The lowest BCUT2D eigenvalue weighted by Crippen LogP contribution is -2.37. The van der Waals surface area contributed by atoms with Crippen molar-refractivity contribution in [1.29, 1.82) is 0 Å². The molecule has 0 radical (unpaired) electrons. The van der Waals surface area contributed by atoms with Crippen LogP contribution in [0.4, 0.5) is 5.69 Å². The summed E-state index contributed by atoms with van der Waals surface area (Å²) in [6.07, 6.45) is 3.82. The largest absolute Gasteiger partial charge is 0.459 e. The number of carbonyl (C=O) groups is 1. The summed E-state index contributed by atoms with van der Waals surface area (Å²) in [4.78, 5) is 16.6. The highest BCUT2D eigenvalue weighted by atomic mass is 127. The first kappa shape index (κ1) is 24.0. The summed E-state index contributed by atoms with van der Waals surface area (Å²) < 4.78 is 5.09. The van der Waals surface area contributed by atoms with Gasteiger partial charge < -0.3 is 20.4 Å². The molecule has 28 heavy (non-hydrogen) atoms. The van der Waals surface area contributed by atoms with Crippen LogP contribution in [0, 0.1) is 5.92 Å². The lowest BCUT2D eigenvalue weighted by molar-refractivity contribution is 0.0996. The van der Waals surface area contributed by atoms with Gasteiger partial charge in [-0.15, -0.1) is 24.0 Å². The Labute approximate surface area is 184 Å². The highest BCUT2D eigenvalue weighted by molar-refractivity contribution is 14.0. The molecular formula is C21H31IN4O2. The number of nitrogens with one attached hydrogen (secondary N) is 3. The molecule has 0 aliphatic rings. The van der Waals surface area contributed by atoms with Crippen LogP contribution in [0.15, 0.2) is 52.1 Å². The third kappa shape index (κ3) is 8.77. The Morgan fingerprint density at radius 2 is 1.89 bits per heavy atom. The van der Waals surface area contributed by atoms with Crippen LogP contribution in [0.5, 0.6) is 0 Å². The summed E-state index contributed by atoms with van der Waals surface area (Å²) in [5.41, 5.74) is 1.80. The number of aliphatic imine (C=N–C) groups is 1. The van der Waals surface area contributed by atoms with E-state index in [0.29, 0.717) is 12.3 Å². The minimum Gasteiger partial charge on any atom is -0.459 e. The quantitative estimate of drug-likeness (QED) is 0.204. The fourth-order valence-electron chi connectivity index (χ4n) is 2.52. The fourth-order valence-corrected chi connectivity index (χ4v) is 2.52. The summed E-state index contributed by atoms with van der Waals surface area (Å²) in [6.45, 7) is 8.85. The third-order valence-electron chi connectivity index (χ3n) is 3.97.